The van der Waals surface area contributed by atoms with Crippen molar-refractivity contribution < 1.29 is 13.5 Å². The average molecular weight is 326 g/mol. The number of hydrogen-bond acceptors (Lipinski definition) is 6. The monoisotopic (exact) mass is 326 g/mol. The Balaban J connectivity index is 2.07. The molecule has 122 valence electrons. The summed E-state index contributed by atoms with van der Waals surface area (Å²) in [4.78, 5) is 12.9. The summed E-state index contributed by atoms with van der Waals surface area (Å²) in [6.45, 7) is 10.5. The van der Waals surface area contributed by atoms with Crippen molar-refractivity contribution in [2.24, 2.45) is 0 Å². The van der Waals surface area contributed by atoms with Crippen LogP contribution in [0, 0.1) is 0 Å². The van der Waals surface area contributed by atoms with Crippen LogP contribution in [0.4, 0.5) is 5.95 Å². The summed E-state index contributed by atoms with van der Waals surface area (Å²) >= 11 is -1.79. The predicted molar refractivity (Wildman–Crippen MR) is 87.3 cm³/mol. The van der Waals surface area contributed by atoms with Gasteiger partial charge in [-0.3, -0.25) is 4.90 Å². The lowest BCUT2D eigenvalue weighted by atomic mass is 10.3. The number of rotatable bonds is 6. The lowest BCUT2D eigenvalue weighted by Crippen LogP contribution is -2.47. The molecule has 0 aliphatic carbocycles. The molecule has 1 aliphatic heterocycles. The minimum atomic E-state index is -1.79. The quantitative estimate of drug-likeness (QED) is 0.787. The highest BCUT2D eigenvalue weighted by atomic mass is 32.2. The highest BCUT2D eigenvalue weighted by molar-refractivity contribution is 7.79. The average Bonchev–Trinajstić information content (AvgIpc) is 2.47. The summed E-state index contributed by atoms with van der Waals surface area (Å²) in [5, 5.41) is 0. The van der Waals surface area contributed by atoms with E-state index in [1.807, 2.05) is 18.7 Å². The molecule has 1 aromatic rings. The Labute approximate surface area is 133 Å². The molecule has 8 heteroatoms. The van der Waals surface area contributed by atoms with Crippen molar-refractivity contribution in [3.63, 3.8) is 0 Å². The molecule has 0 amide bonds. The number of hydrogen-bond donors (Lipinski definition) is 1. The molecule has 0 aromatic carbocycles. The van der Waals surface area contributed by atoms with Gasteiger partial charge in [0.15, 0.2) is 11.1 Å². The molecule has 1 aliphatic rings. The third kappa shape index (κ3) is 4.49. The van der Waals surface area contributed by atoms with Gasteiger partial charge in [-0.1, -0.05) is 12.7 Å². The van der Waals surface area contributed by atoms with E-state index in [1.54, 1.807) is 12.3 Å². The van der Waals surface area contributed by atoms with Gasteiger partial charge in [-0.2, -0.15) is 4.98 Å². The summed E-state index contributed by atoms with van der Waals surface area (Å²) in [6.07, 6.45) is 3.41. The molecule has 1 aromatic heterocycles. The van der Waals surface area contributed by atoms with E-state index >= 15 is 0 Å². The second-order valence-corrected chi connectivity index (χ2v) is 6.26. The highest BCUT2D eigenvalue weighted by Crippen LogP contribution is 2.21. The van der Waals surface area contributed by atoms with Crippen LogP contribution in [0.5, 0.6) is 5.88 Å². The molecule has 1 N–H and O–H groups in total. The molecule has 0 saturated carbocycles. The van der Waals surface area contributed by atoms with Crippen LogP contribution in [0.2, 0.25) is 0 Å². The number of anilines is 1. The molecule has 1 saturated heterocycles. The fourth-order valence-electron chi connectivity index (χ4n) is 2.21. The third-order valence-corrected chi connectivity index (χ3v) is 3.87. The van der Waals surface area contributed by atoms with Gasteiger partial charge >= 0.3 is 0 Å². The smallest absolute Gasteiger partial charge is 0.228 e. The van der Waals surface area contributed by atoms with Crippen LogP contribution < -0.4 is 9.64 Å². The molecule has 1 fully saturated rings. The lowest BCUT2D eigenvalue weighted by molar-refractivity contribution is 0.231. The zero-order valence-electron chi connectivity index (χ0n) is 12.9. The van der Waals surface area contributed by atoms with E-state index < -0.39 is 11.1 Å². The van der Waals surface area contributed by atoms with E-state index in [9.17, 15) is 4.21 Å². The molecule has 0 radical (unpaired) electrons. The van der Waals surface area contributed by atoms with Crippen LogP contribution >= 0.6 is 0 Å². The van der Waals surface area contributed by atoms with Crippen LogP contribution in [0.15, 0.2) is 12.8 Å². The van der Waals surface area contributed by atoms with E-state index in [0.717, 1.165) is 5.56 Å². The third-order valence-electron chi connectivity index (χ3n) is 3.28. The van der Waals surface area contributed by atoms with Crippen LogP contribution in [0.25, 0.3) is 6.08 Å². The predicted octanol–water partition coefficient (Wildman–Crippen LogP) is 1.21. The molecule has 2 rings (SSSR count). The van der Waals surface area contributed by atoms with Crippen LogP contribution in [-0.2, 0) is 11.1 Å². The van der Waals surface area contributed by atoms with Crippen molar-refractivity contribution in [1.82, 2.24) is 14.9 Å². The molecule has 22 heavy (non-hydrogen) atoms. The number of nitrogens with zero attached hydrogens (tertiary/aromatic N) is 4. The Morgan fingerprint density at radius 3 is 2.68 bits per heavy atom. The van der Waals surface area contributed by atoms with Crippen LogP contribution in [-0.4, -0.2) is 61.8 Å². The Morgan fingerprint density at radius 2 is 2.14 bits per heavy atom. The van der Waals surface area contributed by atoms with Crippen molar-refractivity contribution in [1.29, 1.82) is 0 Å². The summed E-state index contributed by atoms with van der Waals surface area (Å²) in [5.41, 5.74) is 0.770. The summed E-state index contributed by atoms with van der Waals surface area (Å²) in [5.74, 6) is 1.34. The summed E-state index contributed by atoms with van der Waals surface area (Å²) < 4.78 is 25.5. The van der Waals surface area contributed by atoms with Gasteiger partial charge in [-0.25, -0.2) is 9.19 Å². The first-order valence-electron chi connectivity index (χ1n) is 7.20. The zero-order valence-corrected chi connectivity index (χ0v) is 13.8. The molecule has 1 unspecified atom stereocenters. The van der Waals surface area contributed by atoms with Gasteiger partial charge in [0, 0.05) is 32.4 Å². The molecule has 2 heterocycles. The molecular formula is C14H22N4O3S. The first-order chi connectivity index (χ1) is 10.5. The first kappa shape index (κ1) is 16.9. The number of aromatic nitrogens is 2. The highest BCUT2D eigenvalue weighted by Gasteiger charge is 2.21. The van der Waals surface area contributed by atoms with E-state index in [4.69, 9.17) is 9.29 Å². The van der Waals surface area contributed by atoms with Crippen molar-refractivity contribution in [2.45, 2.75) is 20.0 Å². The maximum Gasteiger partial charge on any atom is 0.228 e. The molecule has 7 nitrogen and oxygen atoms in total. The van der Waals surface area contributed by atoms with Crippen molar-refractivity contribution >= 4 is 23.1 Å². The molecule has 0 bridgehead atoms. The second kappa shape index (κ2) is 7.66. The summed E-state index contributed by atoms with van der Waals surface area (Å²) in [7, 11) is 0. The molecule has 1 atom stereocenters. The second-order valence-electron chi connectivity index (χ2n) is 5.36. The zero-order chi connectivity index (χ0) is 16.1. The van der Waals surface area contributed by atoms with Crippen molar-refractivity contribution in [3.8, 4) is 5.88 Å². The van der Waals surface area contributed by atoms with E-state index in [0.29, 0.717) is 38.0 Å². The SMILES string of the molecule is C=Cc1cnc(N2CCN(CS(=O)O)CC2)nc1OC(C)C. The van der Waals surface area contributed by atoms with Gasteiger partial charge in [0.1, 0.15) is 5.88 Å². The normalized spacial score (nSPS) is 17.5. The van der Waals surface area contributed by atoms with Crippen molar-refractivity contribution in [2.75, 3.05) is 37.0 Å². The Morgan fingerprint density at radius 1 is 1.45 bits per heavy atom. The fraction of sp³-hybridized carbons (Fsp3) is 0.571. The van der Waals surface area contributed by atoms with Gasteiger partial charge in [-0.05, 0) is 13.8 Å². The Bertz CT molecular complexity index is 545. The largest absolute Gasteiger partial charge is 0.474 e. The standard InChI is InChI=1S/C14H22N4O3S/c1-4-12-9-15-14(16-13(12)21-11(2)3)18-7-5-17(6-8-18)10-22(19)20/h4,9,11H,1,5-8,10H2,2-3H3,(H,19,20). The minimum absolute atomic E-state index is 0.0258. The van der Waals surface area contributed by atoms with Crippen LogP contribution in [0.1, 0.15) is 19.4 Å². The van der Waals surface area contributed by atoms with E-state index in [2.05, 4.69) is 21.4 Å². The van der Waals surface area contributed by atoms with E-state index in [1.165, 1.54) is 0 Å². The Hall–Kier alpha value is -1.51. The van der Waals surface area contributed by atoms with Crippen LogP contribution in [0.3, 0.4) is 0 Å². The topological polar surface area (TPSA) is 78.8 Å². The molecular weight excluding hydrogens is 304 g/mol. The van der Waals surface area contributed by atoms with Gasteiger partial charge < -0.3 is 14.2 Å². The van der Waals surface area contributed by atoms with E-state index in [-0.39, 0.29) is 12.0 Å². The van der Waals surface area contributed by atoms with Gasteiger partial charge in [0.25, 0.3) is 0 Å². The minimum Gasteiger partial charge on any atom is -0.474 e. The fourth-order valence-corrected chi connectivity index (χ4v) is 2.78. The summed E-state index contributed by atoms with van der Waals surface area (Å²) in [6, 6.07) is 0. The molecule has 0 spiro atoms. The van der Waals surface area contributed by atoms with Crippen molar-refractivity contribution in [3.05, 3.63) is 18.3 Å². The number of piperazine rings is 1. The maximum absolute atomic E-state index is 10.8. The maximum atomic E-state index is 10.8. The lowest BCUT2D eigenvalue weighted by Gasteiger charge is -2.34. The van der Waals surface area contributed by atoms with Gasteiger partial charge in [0.2, 0.25) is 11.8 Å². The van der Waals surface area contributed by atoms with Gasteiger partial charge in [0.05, 0.1) is 11.7 Å². The van der Waals surface area contributed by atoms with Gasteiger partial charge in [-0.15, -0.1) is 0 Å². The first-order valence-corrected chi connectivity index (χ1v) is 8.48. The Kier molecular flexibility index (Phi) is 5.87. The number of ether oxygens (including phenoxy) is 1.